The van der Waals surface area contributed by atoms with Crippen molar-refractivity contribution in [2.45, 2.75) is 13.5 Å². The van der Waals surface area contributed by atoms with Crippen molar-refractivity contribution in [1.29, 1.82) is 0 Å². The number of nitrogens with zero attached hydrogens (tertiary/aromatic N) is 3. The van der Waals surface area contributed by atoms with E-state index in [0.29, 0.717) is 18.8 Å². The number of rotatable bonds is 5. The molecule has 7 heteroatoms. The van der Waals surface area contributed by atoms with E-state index in [1.807, 2.05) is 6.07 Å². The van der Waals surface area contributed by atoms with Crippen LogP contribution in [0.1, 0.15) is 15.9 Å². The number of carboxylic acid groups (broad SMARTS) is 1. The quantitative estimate of drug-likeness (QED) is 0.693. The zero-order chi connectivity index (χ0) is 13.8. The van der Waals surface area contributed by atoms with Gasteiger partial charge in [0, 0.05) is 24.1 Å². The SMILES string of the molecule is Cc1cc(NCCn2ccnn2)cc(C(=O)O)c1N. The minimum absolute atomic E-state index is 0.114. The number of hydrogen-bond donors (Lipinski definition) is 3. The second-order valence-electron chi connectivity index (χ2n) is 4.15. The van der Waals surface area contributed by atoms with Crippen molar-refractivity contribution in [3.05, 3.63) is 35.7 Å². The first-order valence-corrected chi connectivity index (χ1v) is 5.79. The Morgan fingerprint density at radius 1 is 1.53 bits per heavy atom. The summed E-state index contributed by atoms with van der Waals surface area (Å²) in [6.45, 7) is 3.04. The number of anilines is 2. The molecule has 0 amide bonds. The summed E-state index contributed by atoms with van der Waals surface area (Å²) in [5.41, 5.74) is 7.61. The summed E-state index contributed by atoms with van der Waals surface area (Å²) in [5.74, 6) is -1.03. The lowest BCUT2D eigenvalue weighted by atomic mass is 10.1. The lowest BCUT2D eigenvalue weighted by molar-refractivity contribution is 0.0698. The summed E-state index contributed by atoms with van der Waals surface area (Å²) in [6.07, 6.45) is 3.37. The van der Waals surface area contributed by atoms with Gasteiger partial charge >= 0.3 is 5.97 Å². The third-order valence-corrected chi connectivity index (χ3v) is 2.76. The third-order valence-electron chi connectivity index (χ3n) is 2.76. The Kier molecular flexibility index (Phi) is 3.65. The van der Waals surface area contributed by atoms with E-state index < -0.39 is 5.97 Å². The van der Waals surface area contributed by atoms with Gasteiger partial charge in [-0.05, 0) is 24.6 Å². The minimum atomic E-state index is -1.03. The zero-order valence-electron chi connectivity index (χ0n) is 10.5. The van der Waals surface area contributed by atoms with E-state index in [0.717, 1.165) is 11.3 Å². The Labute approximate surface area is 110 Å². The van der Waals surface area contributed by atoms with Crippen molar-refractivity contribution >= 4 is 17.3 Å². The molecule has 0 saturated heterocycles. The van der Waals surface area contributed by atoms with E-state index in [1.54, 1.807) is 24.0 Å². The van der Waals surface area contributed by atoms with Crippen LogP contribution in [0.3, 0.4) is 0 Å². The van der Waals surface area contributed by atoms with Crippen LogP contribution in [0.4, 0.5) is 11.4 Å². The van der Waals surface area contributed by atoms with E-state index in [9.17, 15) is 4.79 Å². The molecule has 0 aliphatic rings. The van der Waals surface area contributed by atoms with Gasteiger partial charge in [0.1, 0.15) is 0 Å². The van der Waals surface area contributed by atoms with Gasteiger partial charge < -0.3 is 16.2 Å². The molecule has 0 aliphatic carbocycles. The van der Waals surface area contributed by atoms with Crippen molar-refractivity contribution in [2.75, 3.05) is 17.6 Å². The second kappa shape index (κ2) is 5.38. The molecule has 0 unspecified atom stereocenters. The first-order chi connectivity index (χ1) is 9.08. The summed E-state index contributed by atoms with van der Waals surface area (Å²) >= 11 is 0. The fraction of sp³-hybridized carbons (Fsp3) is 0.250. The molecule has 0 saturated carbocycles. The highest BCUT2D eigenvalue weighted by atomic mass is 16.4. The van der Waals surface area contributed by atoms with Gasteiger partial charge in [0.25, 0.3) is 0 Å². The molecule has 1 heterocycles. The van der Waals surface area contributed by atoms with Crippen LogP contribution in [0.5, 0.6) is 0 Å². The fourth-order valence-electron chi connectivity index (χ4n) is 1.74. The van der Waals surface area contributed by atoms with Crippen LogP contribution in [0, 0.1) is 6.92 Å². The first-order valence-electron chi connectivity index (χ1n) is 5.79. The van der Waals surface area contributed by atoms with E-state index >= 15 is 0 Å². The molecule has 0 spiro atoms. The number of aryl methyl sites for hydroxylation is 1. The number of aromatic nitrogens is 3. The molecule has 2 aromatic rings. The minimum Gasteiger partial charge on any atom is -0.478 e. The number of benzene rings is 1. The normalized spacial score (nSPS) is 10.4. The van der Waals surface area contributed by atoms with Crippen LogP contribution in [0.15, 0.2) is 24.5 Å². The topological polar surface area (TPSA) is 106 Å². The molecular weight excluding hydrogens is 246 g/mol. The molecule has 0 radical (unpaired) electrons. The predicted molar refractivity (Wildman–Crippen MR) is 71.1 cm³/mol. The molecule has 4 N–H and O–H groups in total. The number of aromatic carboxylic acids is 1. The number of nitrogens with two attached hydrogens (primary N) is 1. The Morgan fingerprint density at radius 2 is 2.32 bits per heavy atom. The van der Waals surface area contributed by atoms with Crippen LogP contribution >= 0.6 is 0 Å². The highest BCUT2D eigenvalue weighted by Gasteiger charge is 2.11. The molecule has 0 fully saturated rings. The maximum absolute atomic E-state index is 11.1. The van der Waals surface area contributed by atoms with Crippen LogP contribution < -0.4 is 11.1 Å². The predicted octanol–water partition coefficient (Wildman–Crippen LogP) is 0.979. The number of nitrogen functional groups attached to an aromatic ring is 1. The van der Waals surface area contributed by atoms with Crippen LogP contribution in [0.2, 0.25) is 0 Å². The molecule has 0 atom stereocenters. The van der Waals surface area contributed by atoms with E-state index in [-0.39, 0.29) is 5.56 Å². The van der Waals surface area contributed by atoms with Gasteiger partial charge in [-0.25, -0.2) is 4.79 Å². The van der Waals surface area contributed by atoms with Gasteiger partial charge in [0.05, 0.1) is 18.3 Å². The molecule has 19 heavy (non-hydrogen) atoms. The summed E-state index contributed by atoms with van der Waals surface area (Å²) in [5, 5.41) is 19.7. The van der Waals surface area contributed by atoms with Crippen molar-refractivity contribution in [2.24, 2.45) is 0 Å². The van der Waals surface area contributed by atoms with Crippen molar-refractivity contribution in [1.82, 2.24) is 15.0 Å². The Bertz CT molecular complexity index is 580. The highest BCUT2D eigenvalue weighted by molar-refractivity contribution is 5.95. The first kappa shape index (κ1) is 12.9. The second-order valence-corrected chi connectivity index (χ2v) is 4.15. The average molecular weight is 261 g/mol. The Hall–Kier alpha value is -2.57. The lowest BCUT2D eigenvalue weighted by Crippen LogP contribution is -2.12. The molecule has 0 bridgehead atoms. The maximum atomic E-state index is 11.1. The fourth-order valence-corrected chi connectivity index (χ4v) is 1.74. The smallest absolute Gasteiger partial charge is 0.337 e. The highest BCUT2D eigenvalue weighted by Crippen LogP contribution is 2.22. The number of hydrogen-bond acceptors (Lipinski definition) is 5. The zero-order valence-corrected chi connectivity index (χ0v) is 10.5. The average Bonchev–Trinajstić information content (AvgIpc) is 2.86. The van der Waals surface area contributed by atoms with Gasteiger partial charge in [-0.2, -0.15) is 0 Å². The standard InChI is InChI=1S/C12H15N5O2/c1-8-6-9(7-10(11(8)13)12(18)19)14-2-4-17-5-3-15-16-17/h3,5-7,14H,2,4,13H2,1H3,(H,18,19). The van der Waals surface area contributed by atoms with Crippen LogP contribution in [-0.4, -0.2) is 32.6 Å². The van der Waals surface area contributed by atoms with Crippen molar-refractivity contribution in [3.8, 4) is 0 Å². The van der Waals surface area contributed by atoms with E-state index in [4.69, 9.17) is 10.8 Å². The molecular formula is C12H15N5O2. The van der Waals surface area contributed by atoms with Gasteiger partial charge in [-0.1, -0.05) is 5.21 Å². The molecule has 2 rings (SSSR count). The number of carbonyl (C=O) groups is 1. The maximum Gasteiger partial charge on any atom is 0.337 e. The van der Waals surface area contributed by atoms with E-state index in [2.05, 4.69) is 15.6 Å². The van der Waals surface area contributed by atoms with Gasteiger partial charge in [-0.3, -0.25) is 4.68 Å². The molecule has 0 aliphatic heterocycles. The lowest BCUT2D eigenvalue weighted by Gasteiger charge is -2.11. The van der Waals surface area contributed by atoms with Gasteiger partial charge in [0.2, 0.25) is 0 Å². The van der Waals surface area contributed by atoms with Crippen molar-refractivity contribution < 1.29 is 9.90 Å². The number of nitrogens with one attached hydrogen (secondary N) is 1. The van der Waals surface area contributed by atoms with Crippen molar-refractivity contribution in [3.63, 3.8) is 0 Å². The molecule has 1 aromatic carbocycles. The van der Waals surface area contributed by atoms with Gasteiger partial charge in [0.15, 0.2) is 0 Å². The molecule has 1 aromatic heterocycles. The summed E-state index contributed by atoms with van der Waals surface area (Å²) < 4.78 is 1.69. The van der Waals surface area contributed by atoms with Crippen LogP contribution in [0.25, 0.3) is 0 Å². The summed E-state index contributed by atoms with van der Waals surface area (Å²) in [6, 6.07) is 3.36. The molecule has 100 valence electrons. The third kappa shape index (κ3) is 3.01. The Morgan fingerprint density at radius 3 is 2.95 bits per heavy atom. The summed E-state index contributed by atoms with van der Waals surface area (Å²) in [7, 11) is 0. The largest absolute Gasteiger partial charge is 0.478 e. The van der Waals surface area contributed by atoms with E-state index in [1.165, 1.54) is 6.07 Å². The molecule has 7 nitrogen and oxygen atoms in total. The van der Waals surface area contributed by atoms with Gasteiger partial charge in [-0.15, -0.1) is 5.10 Å². The van der Waals surface area contributed by atoms with Crippen LogP contribution in [-0.2, 0) is 6.54 Å². The number of carboxylic acids is 1. The summed E-state index contributed by atoms with van der Waals surface area (Å²) in [4.78, 5) is 11.1. The monoisotopic (exact) mass is 261 g/mol. The Balaban J connectivity index is 2.06.